The molecule has 6 heteroatoms. The highest BCUT2D eigenvalue weighted by atomic mass is 16.5. The Bertz CT molecular complexity index is 1400. The number of nitrogens with zero attached hydrogens (tertiary/aromatic N) is 2. The molecule has 34 heavy (non-hydrogen) atoms. The molecule has 1 unspecified atom stereocenters. The number of esters is 1. The Kier molecular flexibility index (Phi) is 5.79. The molecule has 1 heterocycles. The molecule has 0 spiro atoms. The van der Waals surface area contributed by atoms with E-state index < -0.39 is 18.5 Å². The first kappa shape index (κ1) is 21.4. The van der Waals surface area contributed by atoms with Crippen LogP contribution in [0.2, 0.25) is 0 Å². The standard InChI is InChI=1S/C28H22N2O4/c31-24-12-6-11-23(16-24)28(33)34-18-27(32)30-26(20-8-2-1-3-9-20)17-25(29-30)22-14-13-19-7-4-5-10-21(19)15-22/h1-16,26,31H,17-18H2. The van der Waals surface area contributed by atoms with Crippen LogP contribution in [0.3, 0.4) is 0 Å². The maximum absolute atomic E-state index is 13.1. The molecule has 4 aromatic rings. The number of hydrazone groups is 1. The average molecular weight is 450 g/mol. The van der Waals surface area contributed by atoms with Crippen molar-refractivity contribution in [3.8, 4) is 5.75 Å². The molecule has 1 aliphatic heterocycles. The smallest absolute Gasteiger partial charge is 0.338 e. The van der Waals surface area contributed by atoms with Crippen molar-refractivity contribution in [2.24, 2.45) is 5.10 Å². The number of phenolic OH excluding ortho intramolecular Hbond substituents is 1. The predicted octanol–water partition coefficient (Wildman–Crippen LogP) is 5.08. The van der Waals surface area contributed by atoms with Crippen LogP contribution in [0.1, 0.15) is 33.9 Å². The van der Waals surface area contributed by atoms with Crippen molar-refractivity contribution in [2.75, 3.05) is 6.61 Å². The van der Waals surface area contributed by atoms with E-state index in [0.717, 1.165) is 27.6 Å². The summed E-state index contributed by atoms with van der Waals surface area (Å²) < 4.78 is 5.23. The van der Waals surface area contributed by atoms with E-state index in [0.29, 0.717) is 6.42 Å². The zero-order valence-corrected chi connectivity index (χ0v) is 18.3. The number of rotatable bonds is 5. The van der Waals surface area contributed by atoms with Gasteiger partial charge in [0.25, 0.3) is 5.91 Å². The number of fused-ring (bicyclic) bond motifs is 1. The predicted molar refractivity (Wildman–Crippen MR) is 130 cm³/mol. The molecule has 5 rings (SSSR count). The summed E-state index contributed by atoms with van der Waals surface area (Å²) in [5, 5.41) is 17.9. The minimum atomic E-state index is -0.682. The Hall–Kier alpha value is -4.45. The molecule has 4 aromatic carbocycles. The van der Waals surface area contributed by atoms with Crippen LogP contribution < -0.4 is 0 Å². The highest BCUT2D eigenvalue weighted by molar-refractivity contribution is 6.05. The van der Waals surface area contributed by atoms with Gasteiger partial charge in [0.2, 0.25) is 0 Å². The van der Waals surface area contributed by atoms with Crippen LogP contribution in [0, 0.1) is 0 Å². The molecule has 1 atom stereocenters. The molecule has 0 aliphatic carbocycles. The lowest BCUT2D eigenvalue weighted by Gasteiger charge is -2.21. The van der Waals surface area contributed by atoms with Crippen molar-refractivity contribution < 1.29 is 19.4 Å². The zero-order chi connectivity index (χ0) is 23.5. The average Bonchev–Trinajstić information content (AvgIpc) is 3.33. The minimum absolute atomic E-state index is 0.0471. The van der Waals surface area contributed by atoms with Crippen LogP contribution in [-0.2, 0) is 9.53 Å². The first-order valence-corrected chi connectivity index (χ1v) is 11.0. The van der Waals surface area contributed by atoms with Crippen LogP contribution in [0.25, 0.3) is 10.8 Å². The molecule has 6 nitrogen and oxygen atoms in total. The van der Waals surface area contributed by atoms with Gasteiger partial charge in [0, 0.05) is 6.42 Å². The van der Waals surface area contributed by atoms with Crippen LogP contribution in [0.15, 0.2) is 102 Å². The zero-order valence-electron chi connectivity index (χ0n) is 18.3. The van der Waals surface area contributed by atoms with Crippen molar-refractivity contribution in [3.63, 3.8) is 0 Å². The molecule has 1 amide bonds. The summed E-state index contributed by atoms with van der Waals surface area (Å²) in [5.74, 6) is -1.15. The van der Waals surface area contributed by atoms with Gasteiger partial charge >= 0.3 is 5.97 Å². The number of hydrogen-bond acceptors (Lipinski definition) is 5. The number of carbonyl (C=O) groups excluding carboxylic acids is 2. The van der Waals surface area contributed by atoms with Gasteiger partial charge in [-0.3, -0.25) is 4.79 Å². The lowest BCUT2D eigenvalue weighted by atomic mass is 9.97. The summed E-state index contributed by atoms with van der Waals surface area (Å²) in [7, 11) is 0. The number of hydrogen-bond donors (Lipinski definition) is 1. The van der Waals surface area contributed by atoms with Gasteiger partial charge in [0.1, 0.15) is 5.75 Å². The number of carbonyl (C=O) groups is 2. The number of benzene rings is 4. The Labute approximate surface area is 196 Å². The maximum Gasteiger partial charge on any atom is 0.338 e. The Morgan fingerprint density at radius 3 is 2.44 bits per heavy atom. The van der Waals surface area contributed by atoms with E-state index in [1.54, 1.807) is 6.07 Å². The summed E-state index contributed by atoms with van der Waals surface area (Å²) >= 11 is 0. The lowest BCUT2D eigenvalue weighted by molar-refractivity contribution is -0.136. The molecule has 1 N–H and O–H groups in total. The third-order valence-corrected chi connectivity index (χ3v) is 5.84. The Morgan fingerprint density at radius 2 is 1.65 bits per heavy atom. The lowest BCUT2D eigenvalue weighted by Crippen LogP contribution is -2.31. The normalized spacial score (nSPS) is 15.2. The summed E-state index contributed by atoms with van der Waals surface area (Å²) in [6.45, 7) is -0.452. The number of aromatic hydroxyl groups is 1. The minimum Gasteiger partial charge on any atom is -0.508 e. The van der Waals surface area contributed by atoms with Gasteiger partial charge in [0.15, 0.2) is 6.61 Å². The van der Waals surface area contributed by atoms with Crippen molar-refractivity contribution in [2.45, 2.75) is 12.5 Å². The molecule has 0 aromatic heterocycles. The summed E-state index contributed by atoms with van der Waals surface area (Å²) in [4.78, 5) is 25.5. The molecule has 1 aliphatic rings. The van der Waals surface area contributed by atoms with Gasteiger partial charge in [-0.25, -0.2) is 9.80 Å². The van der Waals surface area contributed by atoms with Crippen LogP contribution in [0.4, 0.5) is 0 Å². The summed E-state index contributed by atoms with van der Waals surface area (Å²) in [5.41, 5.74) is 2.88. The van der Waals surface area contributed by atoms with Crippen LogP contribution in [-0.4, -0.2) is 34.3 Å². The number of phenols is 1. The SMILES string of the molecule is O=C(OCC(=O)N1N=C(c2ccc3ccccc3c2)CC1c1ccccc1)c1cccc(O)c1. The van der Waals surface area contributed by atoms with Gasteiger partial charge in [-0.2, -0.15) is 5.10 Å². The van der Waals surface area contributed by atoms with E-state index in [2.05, 4.69) is 17.2 Å². The summed E-state index contributed by atoms with van der Waals surface area (Å²) in [6.07, 6.45) is 0.550. The molecular weight excluding hydrogens is 428 g/mol. The molecule has 0 saturated heterocycles. The summed E-state index contributed by atoms with van der Waals surface area (Å²) in [6, 6.07) is 29.4. The molecule has 0 radical (unpaired) electrons. The van der Waals surface area contributed by atoms with Crippen LogP contribution >= 0.6 is 0 Å². The maximum atomic E-state index is 13.1. The van der Waals surface area contributed by atoms with Gasteiger partial charge in [-0.05, 0) is 46.2 Å². The highest BCUT2D eigenvalue weighted by Gasteiger charge is 2.33. The van der Waals surface area contributed by atoms with E-state index >= 15 is 0 Å². The third kappa shape index (κ3) is 4.38. The van der Waals surface area contributed by atoms with Gasteiger partial charge in [0.05, 0.1) is 17.3 Å². The third-order valence-electron chi connectivity index (χ3n) is 5.84. The number of ether oxygens (including phenoxy) is 1. The topological polar surface area (TPSA) is 79.2 Å². The molecule has 0 fully saturated rings. The fraction of sp³-hybridized carbons (Fsp3) is 0.107. The second kappa shape index (κ2) is 9.19. The Balaban J connectivity index is 1.40. The van der Waals surface area contributed by atoms with Gasteiger partial charge in [-0.15, -0.1) is 0 Å². The molecule has 0 saturated carbocycles. The monoisotopic (exact) mass is 450 g/mol. The highest BCUT2D eigenvalue weighted by Crippen LogP contribution is 2.33. The first-order valence-electron chi connectivity index (χ1n) is 11.0. The molecule has 168 valence electrons. The van der Waals surface area contributed by atoms with Gasteiger partial charge in [-0.1, -0.05) is 72.8 Å². The first-order chi connectivity index (χ1) is 16.6. The second-order valence-electron chi connectivity index (χ2n) is 8.10. The van der Waals surface area contributed by atoms with E-state index in [4.69, 9.17) is 4.74 Å². The van der Waals surface area contributed by atoms with Crippen molar-refractivity contribution >= 4 is 28.4 Å². The fourth-order valence-electron chi connectivity index (χ4n) is 4.13. The fourth-order valence-corrected chi connectivity index (χ4v) is 4.13. The van der Waals surface area contributed by atoms with Crippen molar-refractivity contribution in [1.29, 1.82) is 0 Å². The quantitative estimate of drug-likeness (QED) is 0.430. The molecule has 0 bridgehead atoms. The second-order valence-corrected chi connectivity index (χ2v) is 8.10. The largest absolute Gasteiger partial charge is 0.508 e. The Morgan fingerprint density at radius 1 is 0.882 bits per heavy atom. The van der Waals surface area contributed by atoms with Gasteiger partial charge < -0.3 is 9.84 Å². The van der Waals surface area contributed by atoms with E-state index in [1.807, 2.05) is 60.7 Å². The van der Waals surface area contributed by atoms with Crippen LogP contribution in [0.5, 0.6) is 5.75 Å². The number of amides is 1. The van der Waals surface area contributed by atoms with E-state index in [1.165, 1.54) is 23.2 Å². The van der Waals surface area contributed by atoms with Crippen molar-refractivity contribution in [3.05, 3.63) is 114 Å². The van der Waals surface area contributed by atoms with E-state index in [9.17, 15) is 14.7 Å². The van der Waals surface area contributed by atoms with Crippen molar-refractivity contribution in [1.82, 2.24) is 5.01 Å². The van der Waals surface area contributed by atoms with E-state index in [-0.39, 0.29) is 17.4 Å². The molecular formula is C28H22N2O4.